The van der Waals surface area contributed by atoms with Gasteiger partial charge in [0.25, 0.3) is 0 Å². The molecular weight excluding hydrogens is 551 g/mol. The van der Waals surface area contributed by atoms with E-state index in [0.717, 1.165) is 31.3 Å². The number of carbonyl (C=O) groups excluding carboxylic acids is 1. The molecule has 11 nitrogen and oxygen atoms in total. The van der Waals surface area contributed by atoms with Crippen LogP contribution in [0.1, 0.15) is 25.8 Å². The minimum absolute atomic E-state index is 0.123. The number of hydrogen-bond acceptors (Lipinski definition) is 10. The van der Waals surface area contributed by atoms with E-state index >= 15 is 0 Å². The van der Waals surface area contributed by atoms with Gasteiger partial charge in [-0.1, -0.05) is 18.2 Å². The van der Waals surface area contributed by atoms with Gasteiger partial charge in [0.1, 0.15) is 17.9 Å². The number of carbonyl (C=O) groups is 1. The van der Waals surface area contributed by atoms with E-state index in [1.54, 1.807) is 13.2 Å². The second-order valence-corrected chi connectivity index (χ2v) is 10.8. The monoisotopic (exact) mass is 584 g/mol. The fourth-order valence-electron chi connectivity index (χ4n) is 4.58. The first-order valence-electron chi connectivity index (χ1n) is 12.9. The minimum atomic E-state index is -1.37. The molecule has 0 bridgehead atoms. The van der Waals surface area contributed by atoms with Crippen LogP contribution in [-0.4, -0.2) is 71.2 Å². The molecule has 0 saturated carbocycles. The number of anilines is 6. The van der Waals surface area contributed by atoms with E-state index in [4.69, 9.17) is 16.3 Å². The van der Waals surface area contributed by atoms with Gasteiger partial charge in [0.2, 0.25) is 17.8 Å². The van der Waals surface area contributed by atoms with Crippen LogP contribution < -0.4 is 25.6 Å². The van der Waals surface area contributed by atoms with Gasteiger partial charge in [-0.05, 0) is 58.6 Å². The normalized spacial score (nSPS) is 15.1. The van der Waals surface area contributed by atoms with Crippen LogP contribution in [0, 0.1) is 5.82 Å². The maximum absolute atomic E-state index is 14.2. The Kier molecular flexibility index (Phi) is 8.95. The number of hydrogen-bond donors (Lipinski definition) is 4. The lowest BCUT2D eigenvalue weighted by molar-refractivity contribution is -0.111. The topological polar surface area (TPSA) is 128 Å². The molecule has 1 saturated heterocycles. The van der Waals surface area contributed by atoms with E-state index in [0.29, 0.717) is 28.9 Å². The lowest BCUT2D eigenvalue weighted by Gasteiger charge is -2.25. The van der Waals surface area contributed by atoms with Gasteiger partial charge in [-0.15, -0.1) is 0 Å². The largest absolute Gasteiger partial charge is 0.494 e. The molecule has 0 spiro atoms. The summed E-state index contributed by atoms with van der Waals surface area (Å²) in [5, 5.41) is 19.4. The van der Waals surface area contributed by atoms with Crippen molar-refractivity contribution in [1.82, 2.24) is 19.9 Å². The number of aliphatic hydroxyl groups is 1. The molecule has 1 amide bonds. The highest BCUT2D eigenvalue weighted by Crippen LogP contribution is 2.40. The molecular formula is C28H34ClFN8O3. The average molecular weight is 585 g/mol. The van der Waals surface area contributed by atoms with E-state index in [1.165, 1.54) is 32.3 Å². The quantitative estimate of drug-likeness (QED) is 0.250. The molecule has 13 heteroatoms. The summed E-state index contributed by atoms with van der Waals surface area (Å²) in [7, 11) is 5.65. The summed E-state index contributed by atoms with van der Waals surface area (Å²) in [6.45, 7) is 8.24. The number of rotatable bonds is 10. The third kappa shape index (κ3) is 7.02. The van der Waals surface area contributed by atoms with Crippen LogP contribution in [0.3, 0.4) is 0 Å². The lowest BCUT2D eigenvalue weighted by atomic mass is 9.96. The predicted molar refractivity (Wildman–Crippen MR) is 159 cm³/mol. The standard InChI is InChI=1S/C28H34ClFN8O3/c1-7-25(39)33-21-12-22(24(41-6)13-23(21)38-9-8-16(14-38)37(4)5)35-27-32-15-31-26(36-27)34-20-11-18(29)19(30)10-17(20)28(2,3)40/h7,10-13,15-16,40H,1,8-9,14H2,2-6H3,(H,33,39)(H2,31,32,34,35,36). The van der Waals surface area contributed by atoms with Crippen molar-refractivity contribution in [2.24, 2.45) is 0 Å². The molecule has 218 valence electrons. The van der Waals surface area contributed by atoms with Crippen molar-refractivity contribution in [3.8, 4) is 5.75 Å². The third-order valence-corrected chi connectivity index (χ3v) is 7.07. The predicted octanol–water partition coefficient (Wildman–Crippen LogP) is 4.65. The van der Waals surface area contributed by atoms with Crippen LogP contribution in [0.2, 0.25) is 5.02 Å². The first-order valence-corrected chi connectivity index (χ1v) is 13.3. The van der Waals surface area contributed by atoms with Gasteiger partial charge in [-0.2, -0.15) is 4.98 Å². The van der Waals surface area contributed by atoms with Crippen LogP contribution in [0.5, 0.6) is 5.75 Å². The Bertz CT molecular complexity index is 1450. The van der Waals surface area contributed by atoms with Crippen molar-refractivity contribution in [3.63, 3.8) is 0 Å². The summed E-state index contributed by atoms with van der Waals surface area (Å²) >= 11 is 6.00. The first-order chi connectivity index (χ1) is 19.4. The number of likely N-dealkylation sites (N-methyl/N-ethyl adjacent to an activating group) is 1. The van der Waals surface area contributed by atoms with Gasteiger partial charge in [0, 0.05) is 36.4 Å². The lowest BCUT2D eigenvalue weighted by Crippen LogP contribution is -2.31. The molecule has 41 heavy (non-hydrogen) atoms. The maximum atomic E-state index is 14.2. The Balaban J connectivity index is 1.66. The van der Waals surface area contributed by atoms with Crippen molar-refractivity contribution >= 4 is 52.2 Å². The first kappa shape index (κ1) is 30.0. The number of nitrogens with zero attached hydrogens (tertiary/aromatic N) is 5. The fourth-order valence-corrected chi connectivity index (χ4v) is 4.74. The zero-order chi connectivity index (χ0) is 29.9. The van der Waals surface area contributed by atoms with Gasteiger partial charge in [-0.25, -0.2) is 14.4 Å². The summed E-state index contributed by atoms with van der Waals surface area (Å²) < 4.78 is 19.8. The highest BCUT2D eigenvalue weighted by molar-refractivity contribution is 6.31. The smallest absolute Gasteiger partial charge is 0.247 e. The third-order valence-electron chi connectivity index (χ3n) is 6.78. The molecule has 1 aliphatic heterocycles. The van der Waals surface area contributed by atoms with Crippen molar-refractivity contribution in [2.45, 2.75) is 31.9 Å². The van der Waals surface area contributed by atoms with E-state index in [2.05, 4.69) is 61.4 Å². The number of halogens is 2. The van der Waals surface area contributed by atoms with Crippen LogP contribution in [0.4, 0.5) is 39.0 Å². The van der Waals surface area contributed by atoms with Gasteiger partial charge in [0.15, 0.2) is 0 Å². The number of benzene rings is 2. The molecule has 2 heterocycles. The van der Waals surface area contributed by atoms with Crippen molar-refractivity contribution < 1.29 is 19.0 Å². The van der Waals surface area contributed by atoms with Gasteiger partial charge >= 0.3 is 0 Å². The summed E-state index contributed by atoms with van der Waals surface area (Å²) in [4.78, 5) is 29.5. The molecule has 4 N–H and O–H groups in total. The molecule has 0 aliphatic carbocycles. The highest BCUT2D eigenvalue weighted by Gasteiger charge is 2.27. The van der Waals surface area contributed by atoms with Crippen LogP contribution in [0.25, 0.3) is 0 Å². The Hall–Kier alpha value is -4.00. The SMILES string of the molecule is C=CC(=O)Nc1cc(Nc2ncnc(Nc3cc(Cl)c(F)cc3C(C)(C)O)n2)c(OC)cc1N1CCC(N(C)C)C1. The molecule has 1 aliphatic rings. The number of methoxy groups -OCH3 is 1. The summed E-state index contributed by atoms with van der Waals surface area (Å²) in [5.41, 5.74) is 1.12. The molecule has 3 aromatic rings. The van der Waals surface area contributed by atoms with Gasteiger partial charge in [-0.3, -0.25) is 4.79 Å². The molecule has 1 fully saturated rings. The van der Waals surface area contributed by atoms with E-state index < -0.39 is 11.4 Å². The number of nitrogens with one attached hydrogen (secondary N) is 3. The maximum Gasteiger partial charge on any atom is 0.247 e. The Morgan fingerprint density at radius 3 is 2.46 bits per heavy atom. The zero-order valence-corrected chi connectivity index (χ0v) is 24.4. The summed E-state index contributed by atoms with van der Waals surface area (Å²) in [6.07, 6.45) is 3.49. The van der Waals surface area contributed by atoms with E-state index in [-0.39, 0.29) is 28.4 Å². The van der Waals surface area contributed by atoms with Crippen molar-refractivity contribution in [1.29, 1.82) is 0 Å². The molecule has 2 aromatic carbocycles. The van der Waals surface area contributed by atoms with E-state index in [1.807, 2.05) is 6.07 Å². The zero-order valence-electron chi connectivity index (χ0n) is 23.6. The average Bonchev–Trinajstić information content (AvgIpc) is 3.41. The summed E-state index contributed by atoms with van der Waals surface area (Å²) in [6, 6.07) is 6.51. The molecule has 1 aromatic heterocycles. The van der Waals surface area contributed by atoms with Gasteiger partial charge < -0.3 is 35.6 Å². The molecule has 4 rings (SSSR count). The van der Waals surface area contributed by atoms with Crippen LogP contribution >= 0.6 is 11.6 Å². The summed E-state index contributed by atoms with van der Waals surface area (Å²) in [5.74, 6) is -0.208. The number of ether oxygens (including phenoxy) is 1. The Labute approximate surface area is 243 Å². The Morgan fingerprint density at radius 1 is 1.20 bits per heavy atom. The fraction of sp³-hybridized carbons (Fsp3) is 0.357. The number of aromatic nitrogens is 3. The van der Waals surface area contributed by atoms with Crippen molar-refractivity contribution in [2.75, 3.05) is 55.1 Å². The second kappa shape index (κ2) is 12.2. The van der Waals surface area contributed by atoms with Crippen LogP contribution in [0.15, 0.2) is 43.2 Å². The molecule has 1 unspecified atom stereocenters. The Morgan fingerprint density at radius 2 is 1.88 bits per heavy atom. The van der Waals surface area contributed by atoms with Crippen molar-refractivity contribution in [3.05, 3.63) is 59.7 Å². The van der Waals surface area contributed by atoms with Gasteiger partial charge in [0.05, 0.1) is 34.8 Å². The minimum Gasteiger partial charge on any atom is -0.494 e. The molecule has 1 atom stereocenters. The van der Waals surface area contributed by atoms with Crippen LogP contribution in [-0.2, 0) is 10.4 Å². The molecule has 0 radical (unpaired) electrons. The number of amides is 1. The second-order valence-electron chi connectivity index (χ2n) is 10.4. The van der Waals surface area contributed by atoms with E-state index in [9.17, 15) is 14.3 Å². The highest BCUT2D eigenvalue weighted by atomic mass is 35.5.